The molecular formula is C18H20ClN3O2. The monoisotopic (exact) mass is 345 g/mol. The van der Waals surface area contributed by atoms with Gasteiger partial charge in [0.15, 0.2) is 0 Å². The first kappa shape index (κ1) is 17.8. The van der Waals surface area contributed by atoms with Gasteiger partial charge in [0.2, 0.25) is 0 Å². The van der Waals surface area contributed by atoms with Crippen molar-refractivity contribution in [3.8, 4) is 11.3 Å². The fourth-order valence-corrected chi connectivity index (χ4v) is 2.27. The van der Waals surface area contributed by atoms with Gasteiger partial charge in [-0.1, -0.05) is 29.8 Å². The molecule has 1 aromatic heterocycles. The van der Waals surface area contributed by atoms with Gasteiger partial charge in [0.1, 0.15) is 11.5 Å². The normalized spacial score (nSPS) is 11.1. The zero-order valence-electron chi connectivity index (χ0n) is 14.2. The molecule has 1 heterocycles. The summed E-state index contributed by atoms with van der Waals surface area (Å²) in [6.45, 7) is 0. The van der Waals surface area contributed by atoms with Gasteiger partial charge in [-0.15, -0.1) is 0 Å². The molecule has 2 aromatic rings. The van der Waals surface area contributed by atoms with Crippen LogP contribution in [0.5, 0.6) is 0 Å². The fourth-order valence-electron chi connectivity index (χ4n) is 2.14. The van der Waals surface area contributed by atoms with E-state index in [0.717, 1.165) is 11.3 Å². The number of hydrogen-bond donors (Lipinski definition) is 0. The van der Waals surface area contributed by atoms with Crippen LogP contribution in [-0.2, 0) is 9.53 Å². The number of hydrogen-bond acceptors (Lipinski definition) is 5. The summed E-state index contributed by atoms with van der Waals surface area (Å²) in [5, 5.41) is 0.675. The van der Waals surface area contributed by atoms with Crippen LogP contribution in [0.15, 0.2) is 54.4 Å². The lowest BCUT2D eigenvalue weighted by atomic mass is 10.1. The summed E-state index contributed by atoms with van der Waals surface area (Å²) in [6.07, 6.45) is 1.70. The summed E-state index contributed by atoms with van der Waals surface area (Å²) in [5.41, 5.74) is 2.14. The highest BCUT2D eigenvalue weighted by molar-refractivity contribution is 6.30. The molecule has 6 heteroatoms. The molecular weight excluding hydrogens is 326 g/mol. The lowest BCUT2D eigenvalue weighted by Crippen LogP contribution is -2.27. The molecule has 1 aromatic carbocycles. The number of likely N-dealkylation sites (N-methyl/N-ethyl adjacent to an activating group) is 1. The summed E-state index contributed by atoms with van der Waals surface area (Å²) in [7, 11) is 6.82. The largest absolute Gasteiger partial charge is 0.464 e. The van der Waals surface area contributed by atoms with Gasteiger partial charge in [-0.2, -0.15) is 0 Å². The Labute approximate surface area is 147 Å². The van der Waals surface area contributed by atoms with E-state index < -0.39 is 5.97 Å². The van der Waals surface area contributed by atoms with Crippen LogP contribution in [0.3, 0.4) is 0 Å². The van der Waals surface area contributed by atoms with Crippen molar-refractivity contribution in [2.24, 2.45) is 0 Å². The number of methoxy groups -OCH3 is 1. The van der Waals surface area contributed by atoms with Gasteiger partial charge in [0, 0.05) is 37.9 Å². The molecule has 5 nitrogen and oxygen atoms in total. The van der Waals surface area contributed by atoms with Gasteiger partial charge in [-0.25, -0.2) is 9.78 Å². The maximum atomic E-state index is 12.1. The van der Waals surface area contributed by atoms with E-state index in [0.29, 0.717) is 16.5 Å². The molecule has 0 atom stereocenters. The average molecular weight is 346 g/mol. The summed E-state index contributed by atoms with van der Waals surface area (Å²) in [6, 6.07) is 13.1. The lowest BCUT2D eigenvalue weighted by molar-refractivity contribution is -0.136. The van der Waals surface area contributed by atoms with Crippen molar-refractivity contribution in [1.29, 1.82) is 0 Å². The molecule has 2 rings (SSSR count). The molecule has 0 N–H and O–H groups in total. The van der Waals surface area contributed by atoms with E-state index >= 15 is 0 Å². The smallest absolute Gasteiger partial charge is 0.356 e. The van der Waals surface area contributed by atoms with Crippen LogP contribution >= 0.6 is 11.6 Å². The first-order valence-corrected chi connectivity index (χ1v) is 7.73. The van der Waals surface area contributed by atoms with Gasteiger partial charge in [-0.05, 0) is 24.3 Å². The zero-order chi connectivity index (χ0) is 17.7. The minimum Gasteiger partial charge on any atom is -0.464 e. The molecule has 0 radical (unpaired) electrons. The first-order valence-electron chi connectivity index (χ1n) is 7.35. The molecule has 0 amide bonds. The Morgan fingerprint density at radius 2 is 1.79 bits per heavy atom. The maximum Gasteiger partial charge on any atom is 0.356 e. The Morgan fingerprint density at radius 1 is 1.12 bits per heavy atom. The summed E-state index contributed by atoms with van der Waals surface area (Å²) in [4.78, 5) is 20.2. The number of rotatable bonds is 5. The predicted molar refractivity (Wildman–Crippen MR) is 96.9 cm³/mol. The number of benzene rings is 1. The molecule has 0 saturated carbocycles. The van der Waals surface area contributed by atoms with Crippen LogP contribution in [0.25, 0.3) is 11.3 Å². The van der Waals surface area contributed by atoms with E-state index in [2.05, 4.69) is 4.98 Å². The van der Waals surface area contributed by atoms with E-state index in [1.807, 2.05) is 56.6 Å². The third kappa shape index (κ3) is 4.26. The van der Waals surface area contributed by atoms with Crippen LogP contribution in [0.1, 0.15) is 0 Å². The number of ether oxygens (including phenoxy) is 1. The quantitative estimate of drug-likeness (QED) is 0.614. The lowest BCUT2D eigenvalue weighted by Gasteiger charge is -2.22. The number of aromatic nitrogens is 1. The second-order valence-electron chi connectivity index (χ2n) is 5.42. The van der Waals surface area contributed by atoms with Crippen LogP contribution < -0.4 is 4.90 Å². The molecule has 0 saturated heterocycles. The highest BCUT2D eigenvalue weighted by atomic mass is 35.5. The van der Waals surface area contributed by atoms with E-state index in [1.54, 1.807) is 23.0 Å². The van der Waals surface area contributed by atoms with E-state index in [4.69, 9.17) is 16.3 Å². The minimum absolute atomic E-state index is 0.392. The average Bonchev–Trinajstić information content (AvgIpc) is 2.59. The number of nitrogens with zero attached hydrogens (tertiary/aromatic N) is 3. The number of esters is 1. The molecule has 0 bridgehead atoms. The molecule has 0 unspecified atom stereocenters. The van der Waals surface area contributed by atoms with E-state index in [9.17, 15) is 4.79 Å². The van der Waals surface area contributed by atoms with Crippen LogP contribution in [0.2, 0.25) is 5.02 Å². The summed E-state index contributed by atoms with van der Waals surface area (Å²) in [5.74, 6) is 0.214. The molecule has 0 spiro atoms. The third-order valence-electron chi connectivity index (χ3n) is 3.35. The second kappa shape index (κ2) is 7.84. The van der Waals surface area contributed by atoms with Crippen LogP contribution in [0, 0.1) is 0 Å². The fraction of sp³-hybridized carbons (Fsp3) is 0.222. The van der Waals surface area contributed by atoms with Crippen molar-refractivity contribution in [1.82, 2.24) is 9.88 Å². The summed E-state index contributed by atoms with van der Waals surface area (Å²) >= 11 is 5.93. The molecule has 126 valence electrons. The van der Waals surface area contributed by atoms with Gasteiger partial charge in [-0.3, -0.25) is 0 Å². The SMILES string of the molecule is COC(=O)/C(=C\N(C)C)N(C)c1cccc(-c2ccc(Cl)cc2)n1. The van der Waals surface area contributed by atoms with Crippen molar-refractivity contribution in [3.05, 3.63) is 59.4 Å². The van der Waals surface area contributed by atoms with Crippen molar-refractivity contribution < 1.29 is 9.53 Å². The molecule has 0 aliphatic heterocycles. The highest BCUT2D eigenvalue weighted by Crippen LogP contribution is 2.23. The number of carbonyl (C=O) groups excluding carboxylic acids is 1. The Hall–Kier alpha value is -2.53. The highest BCUT2D eigenvalue weighted by Gasteiger charge is 2.18. The molecule has 24 heavy (non-hydrogen) atoms. The Kier molecular flexibility index (Phi) is 5.82. The van der Waals surface area contributed by atoms with Gasteiger partial charge in [0.25, 0.3) is 0 Å². The standard InChI is InChI=1S/C18H20ClN3O2/c1-21(2)12-16(18(23)24-4)22(3)17-7-5-6-15(20-17)13-8-10-14(19)11-9-13/h5-12H,1-4H3/b16-12+. The van der Waals surface area contributed by atoms with Crippen molar-refractivity contribution in [2.75, 3.05) is 33.2 Å². The third-order valence-corrected chi connectivity index (χ3v) is 3.61. The van der Waals surface area contributed by atoms with E-state index in [1.165, 1.54) is 7.11 Å². The first-order chi connectivity index (χ1) is 11.4. The van der Waals surface area contributed by atoms with Crippen LogP contribution in [0.4, 0.5) is 5.82 Å². The number of halogens is 1. The zero-order valence-corrected chi connectivity index (χ0v) is 14.9. The van der Waals surface area contributed by atoms with Crippen LogP contribution in [-0.4, -0.2) is 44.1 Å². The predicted octanol–water partition coefficient (Wildman–Crippen LogP) is 3.41. The Bertz CT molecular complexity index is 742. The van der Waals surface area contributed by atoms with Gasteiger partial charge < -0.3 is 14.5 Å². The molecule has 0 fully saturated rings. The number of carbonyl (C=O) groups is 1. The second-order valence-corrected chi connectivity index (χ2v) is 5.85. The van der Waals surface area contributed by atoms with Gasteiger partial charge in [0.05, 0.1) is 12.8 Å². The van der Waals surface area contributed by atoms with Crippen molar-refractivity contribution in [2.45, 2.75) is 0 Å². The number of anilines is 1. The Morgan fingerprint density at radius 3 is 2.38 bits per heavy atom. The topological polar surface area (TPSA) is 45.7 Å². The Balaban J connectivity index is 2.39. The summed E-state index contributed by atoms with van der Waals surface area (Å²) < 4.78 is 4.87. The minimum atomic E-state index is -0.426. The van der Waals surface area contributed by atoms with Gasteiger partial charge >= 0.3 is 5.97 Å². The van der Waals surface area contributed by atoms with Crippen molar-refractivity contribution in [3.63, 3.8) is 0 Å². The molecule has 0 aliphatic rings. The molecule has 0 aliphatic carbocycles. The number of pyridine rings is 1. The van der Waals surface area contributed by atoms with E-state index in [-0.39, 0.29) is 0 Å². The maximum absolute atomic E-state index is 12.1. The van der Waals surface area contributed by atoms with Crippen molar-refractivity contribution >= 4 is 23.4 Å².